The van der Waals surface area contributed by atoms with Gasteiger partial charge in [-0.05, 0) is 26.7 Å². The maximum Gasteiger partial charge on any atom is 0.273 e. The van der Waals surface area contributed by atoms with E-state index in [4.69, 9.17) is 5.73 Å². The van der Waals surface area contributed by atoms with Crippen LogP contribution in [0.4, 0.5) is 0 Å². The lowest BCUT2D eigenvalue weighted by molar-refractivity contribution is 0.0609. The van der Waals surface area contributed by atoms with Crippen molar-refractivity contribution in [2.45, 2.75) is 45.3 Å². The fourth-order valence-electron chi connectivity index (χ4n) is 3.79. The third-order valence-electron chi connectivity index (χ3n) is 5.41. The van der Waals surface area contributed by atoms with Crippen LogP contribution in [-0.2, 0) is 6.54 Å². The highest BCUT2D eigenvalue weighted by Gasteiger charge is 2.28. The summed E-state index contributed by atoms with van der Waals surface area (Å²) in [6.45, 7) is 10.8. The van der Waals surface area contributed by atoms with Gasteiger partial charge < -0.3 is 10.6 Å². The van der Waals surface area contributed by atoms with Crippen LogP contribution in [0.15, 0.2) is 5.38 Å². The number of amides is 1. The summed E-state index contributed by atoms with van der Waals surface area (Å²) >= 11 is 1.47. The lowest BCUT2D eigenvalue weighted by Crippen LogP contribution is -2.51. The molecule has 2 fully saturated rings. The second kappa shape index (κ2) is 7.91. The SMILES string of the molecule is CC1CCC(C)N1CCN1CCN(C(=O)c2csc(CN)n2)CC1. The van der Waals surface area contributed by atoms with Crippen molar-refractivity contribution in [1.82, 2.24) is 19.7 Å². The lowest BCUT2D eigenvalue weighted by Gasteiger charge is -2.36. The number of aromatic nitrogens is 1. The van der Waals surface area contributed by atoms with Crippen molar-refractivity contribution >= 4 is 17.2 Å². The van der Waals surface area contributed by atoms with Crippen molar-refractivity contribution in [1.29, 1.82) is 0 Å². The fourth-order valence-corrected chi connectivity index (χ4v) is 4.43. The molecule has 134 valence electrons. The van der Waals surface area contributed by atoms with Gasteiger partial charge in [0.05, 0.1) is 0 Å². The smallest absolute Gasteiger partial charge is 0.273 e. The second-order valence-corrected chi connectivity index (χ2v) is 7.92. The quantitative estimate of drug-likeness (QED) is 0.864. The average molecular weight is 352 g/mol. The van der Waals surface area contributed by atoms with E-state index in [9.17, 15) is 4.79 Å². The van der Waals surface area contributed by atoms with E-state index in [1.807, 2.05) is 10.3 Å². The number of rotatable bonds is 5. The molecule has 3 heterocycles. The molecule has 1 aromatic rings. The molecular weight excluding hydrogens is 322 g/mol. The maximum absolute atomic E-state index is 12.5. The average Bonchev–Trinajstić information content (AvgIpc) is 3.20. The molecule has 2 atom stereocenters. The van der Waals surface area contributed by atoms with E-state index >= 15 is 0 Å². The van der Waals surface area contributed by atoms with Crippen LogP contribution < -0.4 is 5.73 Å². The maximum atomic E-state index is 12.5. The Balaban J connectivity index is 1.44. The van der Waals surface area contributed by atoms with Gasteiger partial charge in [0.25, 0.3) is 5.91 Å². The molecule has 1 amide bonds. The first-order valence-electron chi connectivity index (χ1n) is 9.00. The number of nitrogens with two attached hydrogens (primary N) is 1. The number of nitrogens with zero attached hydrogens (tertiary/aromatic N) is 4. The molecule has 1 aromatic heterocycles. The number of carbonyl (C=O) groups excluding carboxylic acids is 1. The number of thiazole rings is 1. The van der Waals surface area contributed by atoms with Gasteiger partial charge in [-0.25, -0.2) is 4.98 Å². The van der Waals surface area contributed by atoms with E-state index in [-0.39, 0.29) is 5.91 Å². The van der Waals surface area contributed by atoms with Crippen LogP contribution in [-0.4, -0.2) is 76.9 Å². The highest BCUT2D eigenvalue weighted by Crippen LogP contribution is 2.23. The van der Waals surface area contributed by atoms with E-state index < -0.39 is 0 Å². The summed E-state index contributed by atoms with van der Waals surface area (Å²) < 4.78 is 0. The van der Waals surface area contributed by atoms with Crippen molar-refractivity contribution in [3.05, 3.63) is 16.1 Å². The molecule has 2 aliphatic rings. The number of piperazine rings is 1. The Labute approximate surface area is 148 Å². The van der Waals surface area contributed by atoms with Gasteiger partial charge in [0, 0.05) is 63.3 Å². The van der Waals surface area contributed by atoms with Crippen molar-refractivity contribution in [2.75, 3.05) is 39.3 Å². The molecule has 2 unspecified atom stereocenters. The summed E-state index contributed by atoms with van der Waals surface area (Å²) in [5.74, 6) is 0.0485. The monoisotopic (exact) mass is 351 g/mol. The summed E-state index contributed by atoms with van der Waals surface area (Å²) in [6, 6.07) is 1.42. The zero-order valence-electron chi connectivity index (χ0n) is 14.8. The largest absolute Gasteiger partial charge is 0.335 e. The minimum absolute atomic E-state index is 0.0485. The predicted molar refractivity (Wildman–Crippen MR) is 97.2 cm³/mol. The first kappa shape index (κ1) is 17.8. The topological polar surface area (TPSA) is 65.7 Å². The van der Waals surface area contributed by atoms with Gasteiger partial charge in [0.15, 0.2) is 0 Å². The van der Waals surface area contributed by atoms with Gasteiger partial charge in [-0.1, -0.05) is 0 Å². The third-order valence-corrected chi connectivity index (χ3v) is 6.29. The van der Waals surface area contributed by atoms with E-state index in [0.29, 0.717) is 24.3 Å². The molecule has 0 spiro atoms. The Morgan fingerprint density at radius 1 is 1.21 bits per heavy atom. The predicted octanol–water partition coefficient (Wildman–Crippen LogP) is 1.23. The molecule has 0 aromatic carbocycles. The van der Waals surface area contributed by atoms with E-state index in [2.05, 4.69) is 28.6 Å². The molecule has 0 bridgehead atoms. The number of likely N-dealkylation sites (tertiary alicyclic amines) is 1. The minimum atomic E-state index is 0.0485. The van der Waals surface area contributed by atoms with Crippen LogP contribution in [0.2, 0.25) is 0 Å². The first-order chi connectivity index (χ1) is 11.6. The summed E-state index contributed by atoms with van der Waals surface area (Å²) in [7, 11) is 0. The molecule has 2 saturated heterocycles. The Bertz CT molecular complexity index is 545. The standard InChI is InChI=1S/C17H29N5OS/c1-13-3-4-14(2)22(13)10-7-20-5-8-21(9-6-20)17(23)15-12-24-16(11-18)19-15/h12-14H,3-11,18H2,1-2H3. The molecule has 7 heteroatoms. The molecule has 3 rings (SSSR count). The summed E-state index contributed by atoms with van der Waals surface area (Å²) in [6.07, 6.45) is 2.64. The van der Waals surface area contributed by atoms with Gasteiger partial charge in [-0.15, -0.1) is 11.3 Å². The van der Waals surface area contributed by atoms with Crippen LogP contribution in [0.3, 0.4) is 0 Å². The summed E-state index contributed by atoms with van der Waals surface area (Å²) in [4.78, 5) is 23.8. The molecule has 0 radical (unpaired) electrons. The van der Waals surface area contributed by atoms with Gasteiger partial charge >= 0.3 is 0 Å². The van der Waals surface area contributed by atoms with E-state index in [1.54, 1.807) is 0 Å². The number of hydrogen-bond acceptors (Lipinski definition) is 6. The summed E-state index contributed by atoms with van der Waals surface area (Å²) in [5, 5.41) is 2.65. The Hall–Kier alpha value is -1.02. The van der Waals surface area contributed by atoms with Crippen LogP contribution in [0.5, 0.6) is 0 Å². The van der Waals surface area contributed by atoms with Crippen molar-refractivity contribution in [2.24, 2.45) is 5.73 Å². The van der Waals surface area contributed by atoms with Crippen molar-refractivity contribution in [3.63, 3.8) is 0 Å². The fraction of sp³-hybridized carbons (Fsp3) is 0.765. The summed E-state index contributed by atoms with van der Waals surface area (Å²) in [5.41, 5.74) is 6.13. The molecular formula is C17H29N5OS. The normalized spacial score (nSPS) is 26.2. The Kier molecular flexibility index (Phi) is 5.86. The molecule has 0 aliphatic carbocycles. The minimum Gasteiger partial charge on any atom is -0.335 e. The van der Waals surface area contributed by atoms with Gasteiger partial charge in [-0.3, -0.25) is 14.6 Å². The van der Waals surface area contributed by atoms with Crippen LogP contribution in [0.25, 0.3) is 0 Å². The molecule has 2 aliphatic heterocycles. The number of hydrogen-bond donors (Lipinski definition) is 1. The molecule has 24 heavy (non-hydrogen) atoms. The highest BCUT2D eigenvalue weighted by atomic mass is 32.1. The molecule has 6 nitrogen and oxygen atoms in total. The van der Waals surface area contributed by atoms with Crippen LogP contribution in [0.1, 0.15) is 42.2 Å². The second-order valence-electron chi connectivity index (χ2n) is 6.98. The van der Waals surface area contributed by atoms with Crippen molar-refractivity contribution < 1.29 is 4.79 Å². The van der Waals surface area contributed by atoms with Crippen LogP contribution in [0, 0.1) is 0 Å². The highest BCUT2D eigenvalue weighted by molar-refractivity contribution is 7.09. The van der Waals surface area contributed by atoms with Crippen LogP contribution >= 0.6 is 11.3 Å². The zero-order chi connectivity index (χ0) is 17.1. The van der Waals surface area contributed by atoms with Gasteiger partial charge in [0.1, 0.15) is 10.7 Å². The van der Waals surface area contributed by atoms with Crippen molar-refractivity contribution in [3.8, 4) is 0 Å². The van der Waals surface area contributed by atoms with Gasteiger partial charge in [0.2, 0.25) is 0 Å². The van der Waals surface area contributed by atoms with E-state index in [0.717, 1.165) is 44.3 Å². The number of carbonyl (C=O) groups is 1. The zero-order valence-corrected chi connectivity index (χ0v) is 15.6. The molecule has 0 saturated carbocycles. The molecule has 2 N–H and O–H groups in total. The van der Waals surface area contributed by atoms with Gasteiger partial charge in [-0.2, -0.15) is 0 Å². The Morgan fingerprint density at radius 2 is 1.88 bits per heavy atom. The third kappa shape index (κ3) is 3.96. The first-order valence-corrected chi connectivity index (χ1v) is 9.88. The Morgan fingerprint density at radius 3 is 2.46 bits per heavy atom. The van der Waals surface area contributed by atoms with E-state index in [1.165, 1.54) is 24.2 Å². The lowest BCUT2D eigenvalue weighted by atomic mass is 10.2.